The van der Waals surface area contributed by atoms with Crippen LogP contribution in [0.25, 0.3) is 11.0 Å². The molecule has 26 heavy (non-hydrogen) atoms. The van der Waals surface area contributed by atoms with Crippen molar-refractivity contribution in [2.45, 2.75) is 32.4 Å². The number of hydroxylamine groups is 2. The summed E-state index contributed by atoms with van der Waals surface area (Å²) in [5, 5.41) is 2.07. The van der Waals surface area contributed by atoms with E-state index in [1.54, 1.807) is 6.07 Å². The van der Waals surface area contributed by atoms with Crippen molar-refractivity contribution in [3.05, 3.63) is 48.0 Å². The van der Waals surface area contributed by atoms with E-state index in [9.17, 15) is 14.0 Å². The maximum atomic E-state index is 14.1. The lowest BCUT2D eigenvalue weighted by molar-refractivity contribution is -0.277. The Morgan fingerprint density at radius 2 is 1.96 bits per heavy atom. The Morgan fingerprint density at radius 3 is 2.77 bits per heavy atom. The molecule has 0 spiro atoms. The fourth-order valence-electron chi connectivity index (χ4n) is 3.91. The number of fused-ring (bicyclic) bond motifs is 2. The highest BCUT2D eigenvalue weighted by Crippen LogP contribution is 2.48. The lowest BCUT2D eigenvalue weighted by Gasteiger charge is -2.48. The average molecular weight is 359 g/mol. The van der Waals surface area contributed by atoms with Crippen molar-refractivity contribution in [3.63, 3.8) is 0 Å². The van der Waals surface area contributed by atoms with Gasteiger partial charge in [-0.05, 0) is 30.5 Å². The van der Waals surface area contributed by atoms with E-state index in [4.69, 9.17) is 14.0 Å². The van der Waals surface area contributed by atoms with E-state index < -0.39 is 23.6 Å². The standard InChI is InChI=1S/C19H18FNO5/c1-19(2)14(13-10-12(20)9-11-6-8-24-17(11)13)5-7-21-18(19)25-15(22)3-4-16(23)26-21/h3-4,6,8-10,14,18H,5,7H2,1-2H3/b4-3+. The zero-order chi connectivity index (χ0) is 18.5. The minimum atomic E-state index is -0.795. The number of carbonyl (C=O) groups excluding carboxylic acids is 2. The number of piperidine rings is 1. The van der Waals surface area contributed by atoms with Crippen molar-refractivity contribution < 1.29 is 28.0 Å². The van der Waals surface area contributed by atoms with Crippen molar-refractivity contribution in [1.29, 1.82) is 0 Å². The number of furan rings is 1. The number of hydrogen-bond donors (Lipinski definition) is 0. The highest BCUT2D eigenvalue weighted by atomic mass is 19.1. The molecular weight excluding hydrogens is 341 g/mol. The number of benzene rings is 1. The summed E-state index contributed by atoms with van der Waals surface area (Å²) in [6.45, 7) is 4.16. The molecule has 6 nitrogen and oxygen atoms in total. The minimum absolute atomic E-state index is 0.164. The molecule has 136 valence electrons. The molecule has 1 aromatic heterocycles. The molecule has 2 atom stereocenters. The second-order valence-electron chi connectivity index (χ2n) is 7.17. The number of ether oxygens (including phenoxy) is 1. The Kier molecular flexibility index (Phi) is 3.84. The zero-order valence-electron chi connectivity index (χ0n) is 14.4. The van der Waals surface area contributed by atoms with Crippen molar-refractivity contribution in [2.24, 2.45) is 5.41 Å². The third kappa shape index (κ3) is 2.68. The van der Waals surface area contributed by atoms with Gasteiger partial charge in [-0.3, -0.25) is 0 Å². The van der Waals surface area contributed by atoms with E-state index in [-0.39, 0.29) is 11.7 Å². The number of esters is 1. The Balaban J connectivity index is 1.77. The summed E-state index contributed by atoms with van der Waals surface area (Å²) in [4.78, 5) is 29.0. The van der Waals surface area contributed by atoms with Gasteiger partial charge in [0.1, 0.15) is 11.4 Å². The maximum Gasteiger partial charge on any atom is 0.350 e. The van der Waals surface area contributed by atoms with Crippen molar-refractivity contribution in [3.8, 4) is 0 Å². The first-order chi connectivity index (χ1) is 12.4. The van der Waals surface area contributed by atoms with Gasteiger partial charge in [0.05, 0.1) is 6.26 Å². The molecule has 2 aliphatic heterocycles. The van der Waals surface area contributed by atoms with Crippen LogP contribution >= 0.6 is 0 Å². The molecule has 4 rings (SSSR count). The van der Waals surface area contributed by atoms with Crippen LogP contribution in [0.15, 0.2) is 41.0 Å². The molecule has 0 aliphatic carbocycles. The van der Waals surface area contributed by atoms with Gasteiger partial charge in [-0.25, -0.2) is 14.0 Å². The average Bonchev–Trinajstić information content (AvgIpc) is 3.02. The van der Waals surface area contributed by atoms with Crippen LogP contribution in [0.1, 0.15) is 31.7 Å². The van der Waals surface area contributed by atoms with Crippen LogP contribution in [-0.4, -0.2) is 29.8 Å². The van der Waals surface area contributed by atoms with Crippen LogP contribution in [0, 0.1) is 11.2 Å². The van der Waals surface area contributed by atoms with Gasteiger partial charge in [-0.2, -0.15) is 0 Å². The minimum Gasteiger partial charge on any atom is -0.464 e. The Morgan fingerprint density at radius 1 is 1.19 bits per heavy atom. The molecule has 0 radical (unpaired) electrons. The third-order valence-corrected chi connectivity index (χ3v) is 5.14. The first-order valence-corrected chi connectivity index (χ1v) is 8.40. The summed E-state index contributed by atoms with van der Waals surface area (Å²) in [5.41, 5.74) is 0.675. The van der Waals surface area contributed by atoms with Crippen molar-refractivity contribution >= 4 is 22.9 Å². The lowest BCUT2D eigenvalue weighted by Crippen LogP contribution is -2.55. The molecule has 2 unspecified atom stereocenters. The van der Waals surface area contributed by atoms with E-state index in [1.807, 2.05) is 13.8 Å². The molecule has 7 heteroatoms. The molecule has 0 amide bonds. The molecule has 2 aromatic rings. The van der Waals surface area contributed by atoms with Crippen LogP contribution in [0.4, 0.5) is 4.39 Å². The monoisotopic (exact) mass is 359 g/mol. The number of halogens is 1. The van der Waals surface area contributed by atoms with Crippen LogP contribution in [-0.2, 0) is 19.2 Å². The SMILES string of the molecule is CC1(C)C(c2cc(F)cc3ccoc23)CCN2OC(=O)/C=C/C(=O)OC21. The van der Waals surface area contributed by atoms with Gasteiger partial charge in [0.15, 0.2) is 6.23 Å². The van der Waals surface area contributed by atoms with Gasteiger partial charge in [0.25, 0.3) is 0 Å². The molecule has 0 saturated carbocycles. The molecule has 1 saturated heterocycles. The Hall–Kier alpha value is -2.67. The zero-order valence-corrected chi connectivity index (χ0v) is 14.4. The number of hydrogen-bond acceptors (Lipinski definition) is 6. The van der Waals surface area contributed by atoms with Crippen LogP contribution in [0.5, 0.6) is 0 Å². The second kappa shape index (κ2) is 5.95. The van der Waals surface area contributed by atoms with Crippen LogP contribution in [0.2, 0.25) is 0 Å². The van der Waals surface area contributed by atoms with Gasteiger partial charge in [0.2, 0.25) is 0 Å². The van der Waals surface area contributed by atoms with E-state index in [0.717, 1.165) is 17.7 Å². The fourth-order valence-corrected chi connectivity index (χ4v) is 3.91. The van der Waals surface area contributed by atoms with Crippen LogP contribution in [0.3, 0.4) is 0 Å². The first-order valence-electron chi connectivity index (χ1n) is 8.40. The molecule has 0 bridgehead atoms. The maximum absolute atomic E-state index is 14.1. The van der Waals surface area contributed by atoms with Gasteiger partial charge < -0.3 is 14.0 Å². The molecule has 2 aliphatic rings. The summed E-state index contributed by atoms with van der Waals surface area (Å²) in [6.07, 6.45) is 3.40. The Bertz CT molecular complexity index is 916. The summed E-state index contributed by atoms with van der Waals surface area (Å²) in [7, 11) is 0. The van der Waals surface area contributed by atoms with E-state index in [1.165, 1.54) is 23.5 Å². The summed E-state index contributed by atoms with van der Waals surface area (Å²) in [6, 6.07) is 4.60. The van der Waals surface area contributed by atoms with E-state index in [0.29, 0.717) is 23.9 Å². The normalized spacial score (nSPS) is 27.2. The predicted molar refractivity (Wildman–Crippen MR) is 89.1 cm³/mol. The summed E-state index contributed by atoms with van der Waals surface area (Å²) >= 11 is 0. The first kappa shape index (κ1) is 16.8. The number of carbonyl (C=O) groups is 2. The van der Waals surface area contributed by atoms with E-state index >= 15 is 0 Å². The topological polar surface area (TPSA) is 69.0 Å². The molecule has 0 N–H and O–H groups in total. The van der Waals surface area contributed by atoms with Crippen molar-refractivity contribution in [1.82, 2.24) is 5.06 Å². The van der Waals surface area contributed by atoms with Gasteiger partial charge in [-0.1, -0.05) is 18.9 Å². The van der Waals surface area contributed by atoms with Gasteiger partial charge in [-0.15, -0.1) is 0 Å². The van der Waals surface area contributed by atoms with Gasteiger partial charge >= 0.3 is 11.9 Å². The molecular formula is C19H18FNO5. The van der Waals surface area contributed by atoms with E-state index in [2.05, 4.69) is 0 Å². The quantitative estimate of drug-likeness (QED) is 0.728. The van der Waals surface area contributed by atoms with Gasteiger partial charge in [0, 0.05) is 35.1 Å². The number of rotatable bonds is 1. The lowest BCUT2D eigenvalue weighted by atomic mass is 9.69. The highest BCUT2D eigenvalue weighted by molar-refractivity contribution is 5.92. The summed E-state index contributed by atoms with van der Waals surface area (Å²) < 4.78 is 25.2. The molecule has 1 fully saturated rings. The molecule has 3 heterocycles. The third-order valence-electron chi connectivity index (χ3n) is 5.14. The Labute approximate surface area is 149 Å². The molecule has 1 aromatic carbocycles. The predicted octanol–water partition coefficient (Wildman–Crippen LogP) is 3.28. The van der Waals surface area contributed by atoms with Crippen molar-refractivity contribution in [2.75, 3.05) is 6.54 Å². The second-order valence-corrected chi connectivity index (χ2v) is 7.17. The smallest absolute Gasteiger partial charge is 0.350 e. The van der Waals surface area contributed by atoms with Crippen LogP contribution < -0.4 is 0 Å². The highest BCUT2D eigenvalue weighted by Gasteiger charge is 2.50. The largest absolute Gasteiger partial charge is 0.464 e. The summed E-state index contributed by atoms with van der Waals surface area (Å²) in [5.74, 6) is -1.76. The number of nitrogens with zero attached hydrogens (tertiary/aromatic N) is 1. The fraction of sp³-hybridized carbons (Fsp3) is 0.368.